The normalized spacial score (nSPS) is 9.56. The van der Waals surface area contributed by atoms with Gasteiger partial charge in [-0.2, -0.15) is 0 Å². The van der Waals surface area contributed by atoms with E-state index in [1.54, 1.807) is 6.21 Å². The van der Waals surface area contributed by atoms with Crippen LogP contribution in [0.1, 0.15) is 13.8 Å². The quantitative estimate of drug-likeness (QED) is 0.412. The molecule has 0 rings (SSSR count). The minimum Gasteiger partial charge on any atom is -0.301 e. The average molecular weight is 125 g/mol. The predicted octanol–water partition coefficient (Wildman–Crippen LogP) is 1.22. The van der Waals surface area contributed by atoms with E-state index in [0.29, 0.717) is 0 Å². The Kier molecular flexibility index (Phi) is 4.69. The molecular weight excluding hydrogens is 114 g/mol. The number of hydrogen-bond acceptors (Lipinski definition) is 2. The monoisotopic (exact) mass is 125 g/mol. The molecular formula is C7H11NO. The molecule has 0 amide bonds. The number of carbonyl (C=O) groups excluding carboxylic acids is 1. The first-order valence-electron chi connectivity index (χ1n) is 2.84. The van der Waals surface area contributed by atoms with Crippen molar-refractivity contribution in [1.29, 1.82) is 0 Å². The van der Waals surface area contributed by atoms with E-state index in [4.69, 9.17) is 0 Å². The van der Waals surface area contributed by atoms with E-state index in [0.717, 1.165) is 6.29 Å². The smallest absolute Gasteiger partial charge is 0.141 e. The van der Waals surface area contributed by atoms with Gasteiger partial charge >= 0.3 is 0 Å². The molecule has 50 valence electrons. The lowest BCUT2D eigenvalue weighted by Crippen LogP contribution is -1.78. The van der Waals surface area contributed by atoms with E-state index in [2.05, 4.69) is 4.99 Å². The van der Waals surface area contributed by atoms with Crippen molar-refractivity contribution in [2.45, 2.75) is 13.8 Å². The minimum absolute atomic E-state index is 0.268. The van der Waals surface area contributed by atoms with Crippen molar-refractivity contribution in [2.75, 3.05) is 6.54 Å². The van der Waals surface area contributed by atoms with Crippen LogP contribution in [-0.4, -0.2) is 19.0 Å². The topological polar surface area (TPSA) is 29.4 Å². The highest BCUT2D eigenvalue weighted by Gasteiger charge is 1.71. The highest BCUT2D eigenvalue weighted by Crippen LogP contribution is 1.83. The van der Waals surface area contributed by atoms with Crippen LogP contribution in [0, 0.1) is 0 Å². The number of nitrogens with zero attached hydrogens (tertiary/aromatic N) is 1. The van der Waals surface area contributed by atoms with Gasteiger partial charge in [0.2, 0.25) is 0 Å². The van der Waals surface area contributed by atoms with Crippen LogP contribution >= 0.6 is 0 Å². The summed E-state index contributed by atoms with van der Waals surface area (Å²) in [6, 6.07) is 0. The molecule has 0 saturated carbocycles. The van der Waals surface area contributed by atoms with Gasteiger partial charge in [-0.25, -0.2) is 0 Å². The summed E-state index contributed by atoms with van der Waals surface area (Å²) in [6.45, 7) is 4.23. The van der Waals surface area contributed by atoms with Crippen molar-refractivity contribution < 1.29 is 4.79 Å². The number of aliphatic imine (C=N–C) groups is 1. The van der Waals surface area contributed by atoms with Gasteiger partial charge in [-0.3, -0.25) is 4.99 Å². The van der Waals surface area contributed by atoms with Crippen LogP contribution in [0.5, 0.6) is 0 Å². The van der Waals surface area contributed by atoms with Gasteiger partial charge in [0, 0.05) is 6.21 Å². The zero-order valence-electron chi connectivity index (χ0n) is 5.79. The van der Waals surface area contributed by atoms with Gasteiger partial charge in [0.25, 0.3) is 0 Å². The SMILES string of the molecule is CC(C)=CC=NCC=O. The molecule has 0 unspecified atom stereocenters. The zero-order valence-corrected chi connectivity index (χ0v) is 5.79. The molecule has 9 heavy (non-hydrogen) atoms. The minimum atomic E-state index is 0.268. The molecule has 0 heterocycles. The number of hydrogen-bond donors (Lipinski definition) is 0. The van der Waals surface area contributed by atoms with Gasteiger partial charge in [0.15, 0.2) is 0 Å². The van der Waals surface area contributed by atoms with Crippen LogP contribution in [0.15, 0.2) is 16.6 Å². The fourth-order valence-corrected chi connectivity index (χ4v) is 0.306. The Bertz CT molecular complexity index is 132. The predicted molar refractivity (Wildman–Crippen MR) is 38.9 cm³/mol. The molecule has 0 aromatic heterocycles. The Morgan fingerprint density at radius 3 is 2.67 bits per heavy atom. The molecule has 0 aliphatic rings. The third-order valence-corrected chi connectivity index (χ3v) is 0.693. The van der Waals surface area contributed by atoms with Crippen molar-refractivity contribution in [2.24, 2.45) is 4.99 Å². The summed E-state index contributed by atoms with van der Waals surface area (Å²) in [4.78, 5) is 13.5. The summed E-state index contributed by atoms with van der Waals surface area (Å²) in [5.74, 6) is 0. The lowest BCUT2D eigenvalue weighted by molar-refractivity contribution is -0.106. The van der Waals surface area contributed by atoms with Crippen LogP contribution in [0.3, 0.4) is 0 Å². The maximum Gasteiger partial charge on any atom is 0.141 e. The molecule has 0 fully saturated rings. The van der Waals surface area contributed by atoms with Gasteiger partial charge in [-0.1, -0.05) is 5.57 Å². The van der Waals surface area contributed by atoms with Gasteiger partial charge in [0.05, 0.1) is 6.54 Å². The van der Waals surface area contributed by atoms with Gasteiger partial charge in [-0.15, -0.1) is 0 Å². The van der Waals surface area contributed by atoms with Gasteiger partial charge < -0.3 is 4.79 Å². The lowest BCUT2D eigenvalue weighted by atomic mass is 10.3. The van der Waals surface area contributed by atoms with E-state index in [9.17, 15) is 4.79 Å². The Hall–Kier alpha value is -0.920. The fourth-order valence-electron chi connectivity index (χ4n) is 0.306. The molecule has 0 aromatic rings. The van der Waals surface area contributed by atoms with E-state index in [1.165, 1.54) is 5.57 Å². The maximum atomic E-state index is 9.72. The highest BCUT2D eigenvalue weighted by molar-refractivity contribution is 5.73. The van der Waals surface area contributed by atoms with Crippen LogP contribution in [0.25, 0.3) is 0 Å². The number of allylic oxidation sites excluding steroid dienone is 2. The molecule has 2 nitrogen and oxygen atoms in total. The summed E-state index contributed by atoms with van der Waals surface area (Å²) < 4.78 is 0. The first kappa shape index (κ1) is 8.08. The third kappa shape index (κ3) is 7.08. The van der Waals surface area contributed by atoms with E-state index in [1.807, 2.05) is 19.9 Å². The highest BCUT2D eigenvalue weighted by atomic mass is 16.1. The Morgan fingerprint density at radius 1 is 1.56 bits per heavy atom. The molecule has 0 spiro atoms. The first-order valence-corrected chi connectivity index (χ1v) is 2.84. The number of rotatable bonds is 3. The third-order valence-electron chi connectivity index (χ3n) is 0.693. The molecule has 2 heteroatoms. The van der Waals surface area contributed by atoms with Gasteiger partial charge in [-0.05, 0) is 19.9 Å². The molecule has 0 saturated heterocycles. The summed E-state index contributed by atoms with van der Waals surface area (Å²) in [5, 5.41) is 0. The summed E-state index contributed by atoms with van der Waals surface area (Å²) in [6.07, 6.45) is 4.28. The second-order valence-electron chi connectivity index (χ2n) is 1.92. The van der Waals surface area contributed by atoms with E-state index < -0.39 is 0 Å². The zero-order chi connectivity index (χ0) is 7.11. The molecule has 0 atom stereocenters. The molecule has 0 aromatic carbocycles. The Balaban J connectivity index is 3.47. The second kappa shape index (κ2) is 5.22. The lowest BCUT2D eigenvalue weighted by Gasteiger charge is -1.80. The van der Waals surface area contributed by atoms with Gasteiger partial charge in [0.1, 0.15) is 6.29 Å². The molecule has 0 aliphatic heterocycles. The van der Waals surface area contributed by atoms with Crippen LogP contribution in [-0.2, 0) is 4.79 Å². The fraction of sp³-hybridized carbons (Fsp3) is 0.429. The standard InChI is InChI=1S/C7H11NO/c1-7(2)3-4-8-5-6-9/h3-4,6H,5H2,1-2H3. The Morgan fingerprint density at radius 2 is 2.22 bits per heavy atom. The number of aldehydes is 1. The van der Waals surface area contributed by atoms with E-state index >= 15 is 0 Å². The summed E-state index contributed by atoms with van der Waals surface area (Å²) in [7, 11) is 0. The molecule has 0 bridgehead atoms. The van der Waals surface area contributed by atoms with Crippen molar-refractivity contribution in [3.63, 3.8) is 0 Å². The maximum absolute atomic E-state index is 9.72. The van der Waals surface area contributed by atoms with Crippen molar-refractivity contribution >= 4 is 12.5 Å². The first-order chi connectivity index (χ1) is 4.27. The number of carbonyl (C=O) groups is 1. The average Bonchev–Trinajstić information content (AvgIpc) is 1.80. The van der Waals surface area contributed by atoms with Crippen LogP contribution < -0.4 is 0 Å². The van der Waals surface area contributed by atoms with E-state index in [-0.39, 0.29) is 6.54 Å². The summed E-state index contributed by atoms with van der Waals surface area (Å²) >= 11 is 0. The second-order valence-corrected chi connectivity index (χ2v) is 1.92. The summed E-state index contributed by atoms with van der Waals surface area (Å²) in [5.41, 5.74) is 1.18. The van der Waals surface area contributed by atoms with Crippen molar-refractivity contribution in [3.05, 3.63) is 11.6 Å². The van der Waals surface area contributed by atoms with Crippen molar-refractivity contribution in [3.8, 4) is 0 Å². The molecule has 0 aliphatic carbocycles. The van der Waals surface area contributed by atoms with Crippen LogP contribution in [0.2, 0.25) is 0 Å². The Labute approximate surface area is 55.3 Å². The molecule has 0 radical (unpaired) electrons. The molecule has 0 N–H and O–H groups in total. The largest absolute Gasteiger partial charge is 0.301 e. The van der Waals surface area contributed by atoms with Crippen molar-refractivity contribution in [1.82, 2.24) is 0 Å². The van der Waals surface area contributed by atoms with Crippen LogP contribution in [0.4, 0.5) is 0 Å².